The molecule has 1 atom stereocenters. The van der Waals surface area contributed by atoms with E-state index in [-0.39, 0.29) is 11.8 Å². The summed E-state index contributed by atoms with van der Waals surface area (Å²) in [5.74, 6) is -0.588. The average molecular weight is 426 g/mol. The van der Waals surface area contributed by atoms with Gasteiger partial charge in [0, 0.05) is 10.7 Å². The summed E-state index contributed by atoms with van der Waals surface area (Å²) in [6.07, 6.45) is 7.36. The fraction of sp³-hybridized carbons (Fsp3) is 0.440. The number of amides is 1. The highest BCUT2D eigenvalue weighted by atomic mass is 35.5. The van der Waals surface area contributed by atoms with Crippen LogP contribution in [0.3, 0.4) is 0 Å². The van der Waals surface area contributed by atoms with Gasteiger partial charge in [-0.1, -0.05) is 55.1 Å². The number of carboxylic acids is 1. The summed E-state index contributed by atoms with van der Waals surface area (Å²) >= 11 is 6.05. The van der Waals surface area contributed by atoms with E-state index < -0.39 is 11.4 Å². The summed E-state index contributed by atoms with van der Waals surface area (Å²) in [6, 6.07) is 15.2. The summed E-state index contributed by atoms with van der Waals surface area (Å²) in [5.41, 5.74) is 2.05. The highest BCUT2D eigenvalue weighted by Gasteiger charge is 2.44. The maximum Gasteiger partial charge on any atom is 0.309 e. The van der Waals surface area contributed by atoms with Crippen molar-refractivity contribution < 1.29 is 14.7 Å². The van der Waals surface area contributed by atoms with Crippen molar-refractivity contribution in [2.45, 2.75) is 57.3 Å². The SMILES string of the molecule is O=C(Nc1cccc(CC2(C(=O)O)CCC2)c1)[C@H](c1ccc(Cl)cc1)C1CCCC1. The Morgan fingerprint density at radius 2 is 1.77 bits per heavy atom. The summed E-state index contributed by atoms with van der Waals surface area (Å²) in [6.45, 7) is 0. The molecule has 30 heavy (non-hydrogen) atoms. The zero-order valence-corrected chi connectivity index (χ0v) is 17.8. The summed E-state index contributed by atoms with van der Waals surface area (Å²) in [4.78, 5) is 25.0. The third-order valence-electron chi connectivity index (χ3n) is 6.88. The number of benzene rings is 2. The third-order valence-corrected chi connectivity index (χ3v) is 7.14. The lowest BCUT2D eigenvalue weighted by atomic mass is 9.65. The molecule has 2 N–H and O–H groups in total. The largest absolute Gasteiger partial charge is 0.481 e. The summed E-state index contributed by atoms with van der Waals surface area (Å²) in [7, 11) is 0. The summed E-state index contributed by atoms with van der Waals surface area (Å²) in [5, 5.41) is 13.4. The van der Waals surface area contributed by atoms with E-state index in [0.29, 0.717) is 17.4 Å². The number of halogens is 1. The van der Waals surface area contributed by atoms with E-state index in [4.69, 9.17) is 11.6 Å². The van der Waals surface area contributed by atoms with E-state index in [1.54, 1.807) is 0 Å². The van der Waals surface area contributed by atoms with Crippen LogP contribution in [0.2, 0.25) is 5.02 Å². The Kier molecular flexibility index (Phi) is 6.14. The lowest BCUT2D eigenvalue weighted by Gasteiger charge is -2.37. The van der Waals surface area contributed by atoms with Crippen LogP contribution in [0.1, 0.15) is 62.0 Å². The van der Waals surface area contributed by atoms with Gasteiger partial charge in [-0.2, -0.15) is 0 Å². The molecule has 0 spiro atoms. The molecule has 0 radical (unpaired) electrons. The normalized spacial score (nSPS) is 19.1. The van der Waals surface area contributed by atoms with E-state index in [2.05, 4.69) is 5.32 Å². The number of carbonyl (C=O) groups excluding carboxylic acids is 1. The number of rotatable bonds is 7. The van der Waals surface area contributed by atoms with Gasteiger partial charge < -0.3 is 10.4 Å². The van der Waals surface area contributed by atoms with Gasteiger partial charge in [-0.3, -0.25) is 9.59 Å². The molecule has 0 heterocycles. The van der Waals surface area contributed by atoms with E-state index in [1.807, 2.05) is 48.5 Å². The van der Waals surface area contributed by atoms with Crippen molar-refractivity contribution in [3.8, 4) is 0 Å². The van der Waals surface area contributed by atoms with Crippen LogP contribution in [0.15, 0.2) is 48.5 Å². The van der Waals surface area contributed by atoms with Crippen LogP contribution in [-0.2, 0) is 16.0 Å². The molecule has 5 heteroatoms. The van der Waals surface area contributed by atoms with Crippen molar-refractivity contribution in [3.05, 3.63) is 64.7 Å². The Balaban J connectivity index is 1.52. The van der Waals surface area contributed by atoms with Crippen LogP contribution in [0.5, 0.6) is 0 Å². The number of hydrogen-bond acceptors (Lipinski definition) is 2. The second-order valence-electron chi connectivity index (χ2n) is 8.88. The zero-order chi connectivity index (χ0) is 21.1. The number of hydrogen-bond donors (Lipinski definition) is 2. The van der Waals surface area contributed by atoms with Crippen molar-refractivity contribution in [1.29, 1.82) is 0 Å². The Hall–Kier alpha value is -2.33. The molecule has 0 unspecified atom stereocenters. The zero-order valence-electron chi connectivity index (χ0n) is 17.1. The molecule has 0 saturated heterocycles. The molecule has 4 rings (SSSR count). The molecule has 2 saturated carbocycles. The molecule has 4 nitrogen and oxygen atoms in total. The van der Waals surface area contributed by atoms with E-state index in [0.717, 1.165) is 61.8 Å². The molecule has 2 aromatic rings. The maximum atomic E-state index is 13.3. The topological polar surface area (TPSA) is 66.4 Å². The second-order valence-corrected chi connectivity index (χ2v) is 9.32. The van der Waals surface area contributed by atoms with Crippen molar-refractivity contribution in [2.24, 2.45) is 11.3 Å². The van der Waals surface area contributed by atoms with Crippen LogP contribution in [0.25, 0.3) is 0 Å². The standard InChI is InChI=1S/C25H28ClNO3/c26-20-11-9-19(10-12-20)22(18-6-1-2-7-18)23(28)27-21-8-3-5-17(15-21)16-25(24(29)30)13-4-14-25/h3,5,8-12,15,18,22H,1-2,4,6-7,13-14,16H2,(H,27,28)(H,29,30)/t22-/m0/s1. The van der Waals surface area contributed by atoms with E-state index in [1.165, 1.54) is 0 Å². The second kappa shape index (κ2) is 8.81. The minimum atomic E-state index is -0.716. The van der Waals surface area contributed by atoms with E-state index >= 15 is 0 Å². The molecule has 0 aliphatic heterocycles. The third kappa shape index (κ3) is 4.39. The molecule has 0 bridgehead atoms. The maximum absolute atomic E-state index is 13.3. The van der Waals surface area contributed by atoms with Gasteiger partial charge in [-0.25, -0.2) is 0 Å². The molecule has 2 aliphatic rings. The highest BCUT2D eigenvalue weighted by Crippen LogP contribution is 2.44. The predicted molar refractivity (Wildman–Crippen MR) is 119 cm³/mol. The van der Waals surface area contributed by atoms with Crippen molar-refractivity contribution in [2.75, 3.05) is 5.32 Å². The van der Waals surface area contributed by atoms with Crippen LogP contribution in [0.4, 0.5) is 5.69 Å². The number of carboxylic acid groups (broad SMARTS) is 1. The first kappa shape index (κ1) is 20.9. The number of aliphatic carboxylic acids is 1. The van der Waals surface area contributed by atoms with Crippen LogP contribution < -0.4 is 5.32 Å². The van der Waals surface area contributed by atoms with Crippen LogP contribution in [-0.4, -0.2) is 17.0 Å². The van der Waals surface area contributed by atoms with Crippen molar-refractivity contribution >= 4 is 29.2 Å². The number of anilines is 1. The van der Waals surface area contributed by atoms with Crippen LogP contribution >= 0.6 is 11.6 Å². The van der Waals surface area contributed by atoms with Gasteiger partial charge >= 0.3 is 5.97 Å². The molecule has 0 aromatic heterocycles. The minimum Gasteiger partial charge on any atom is -0.481 e. The van der Waals surface area contributed by atoms with Gasteiger partial charge in [0.05, 0.1) is 11.3 Å². The molecule has 2 fully saturated rings. The first-order chi connectivity index (χ1) is 14.5. The summed E-state index contributed by atoms with van der Waals surface area (Å²) < 4.78 is 0. The quantitative estimate of drug-likeness (QED) is 0.567. The lowest BCUT2D eigenvalue weighted by Crippen LogP contribution is -2.39. The fourth-order valence-corrected chi connectivity index (χ4v) is 5.16. The van der Waals surface area contributed by atoms with Crippen molar-refractivity contribution in [3.63, 3.8) is 0 Å². The van der Waals surface area contributed by atoms with Crippen LogP contribution in [0, 0.1) is 11.3 Å². The molecule has 1 amide bonds. The van der Waals surface area contributed by atoms with Gasteiger partial charge in [-0.05, 0) is 73.4 Å². The smallest absolute Gasteiger partial charge is 0.309 e. The monoisotopic (exact) mass is 425 g/mol. The first-order valence-corrected chi connectivity index (χ1v) is 11.2. The number of nitrogens with one attached hydrogen (secondary N) is 1. The first-order valence-electron chi connectivity index (χ1n) is 10.9. The van der Waals surface area contributed by atoms with Gasteiger partial charge in [0.2, 0.25) is 5.91 Å². The Morgan fingerprint density at radius 3 is 2.37 bits per heavy atom. The average Bonchev–Trinajstić information content (AvgIpc) is 3.20. The predicted octanol–water partition coefficient (Wildman–Crippen LogP) is 6.05. The molecule has 2 aliphatic carbocycles. The van der Waals surface area contributed by atoms with E-state index in [9.17, 15) is 14.7 Å². The number of carbonyl (C=O) groups is 2. The van der Waals surface area contributed by atoms with Gasteiger partial charge in [0.25, 0.3) is 0 Å². The Morgan fingerprint density at radius 1 is 1.07 bits per heavy atom. The molecular weight excluding hydrogens is 398 g/mol. The highest BCUT2D eigenvalue weighted by molar-refractivity contribution is 6.30. The fourth-order valence-electron chi connectivity index (χ4n) is 5.04. The van der Waals surface area contributed by atoms with Gasteiger partial charge in [0.1, 0.15) is 0 Å². The molecule has 158 valence electrons. The van der Waals surface area contributed by atoms with Gasteiger partial charge in [-0.15, -0.1) is 0 Å². The molecule has 2 aromatic carbocycles. The molecular formula is C25H28ClNO3. The Labute approximate surface area is 182 Å². The van der Waals surface area contributed by atoms with Crippen molar-refractivity contribution in [1.82, 2.24) is 0 Å². The lowest BCUT2D eigenvalue weighted by molar-refractivity contribution is -0.154. The Bertz CT molecular complexity index is 914. The van der Waals surface area contributed by atoms with Gasteiger partial charge in [0.15, 0.2) is 0 Å². The minimum absolute atomic E-state index is 0.00188.